The van der Waals surface area contributed by atoms with Gasteiger partial charge in [0.05, 0.1) is 19.5 Å². The average Bonchev–Trinajstić information content (AvgIpc) is 2.51. The molecular formula is C15H23N3O4S. The number of carbonyl (C=O) groups is 1. The Labute approximate surface area is 137 Å². The molecule has 23 heavy (non-hydrogen) atoms. The van der Waals surface area contributed by atoms with Crippen LogP contribution in [0.2, 0.25) is 0 Å². The van der Waals surface area contributed by atoms with Gasteiger partial charge in [-0.2, -0.15) is 0 Å². The lowest BCUT2D eigenvalue weighted by Crippen LogP contribution is -2.31. The molecule has 8 heteroatoms. The monoisotopic (exact) mass is 341 g/mol. The minimum atomic E-state index is -2.90. The van der Waals surface area contributed by atoms with Gasteiger partial charge >= 0.3 is 0 Å². The molecule has 0 saturated carbocycles. The fourth-order valence-electron chi connectivity index (χ4n) is 2.12. The first-order valence-corrected chi connectivity index (χ1v) is 9.07. The Balaban J connectivity index is 3.08. The molecule has 0 heterocycles. The van der Waals surface area contributed by atoms with Crippen LogP contribution in [0.1, 0.15) is 27.2 Å². The Morgan fingerprint density at radius 2 is 1.87 bits per heavy atom. The van der Waals surface area contributed by atoms with Crippen molar-refractivity contribution in [3.63, 3.8) is 0 Å². The normalized spacial score (nSPS) is 13.4. The van der Waals surface area contributed by atoms with Gasteiger partial charge < -0.3 is 4.90 Å². The standard InChI is InChI=1S/C15H23N3O4S/c1-4-17(5-2)11-6-12-23(22,16-13(3)19)15-9-7-14(8-10-15)18(20)21/h7-10,12H,4-6,11H2,1-3H3,(H,16,19,22). The van der Waals surface area contributed by atoms with E-state index >= 15 is 0 Å². The highest BCUT2D eigenvalue weighted by molar-refractivity contribution is 8.00. The summed E-state index contributed by atoms with van der Waals surface area (Å²) in [6.07, 6.45) is 0.539. The van der Waals surface area contributed by atoms with Gasteiger partial charge in [-0.3, -0.25) is 19.6 Å². The highest BCUT2D eigenvalue weighted by Crippen LogP contribution is 2.16. The second-order valence-corrected chi connectivity index (χ2v) is 7.20. The molecule has 1 rings (SSSR count). The number of non-ortho nitro benzene ring substituents is 1. The van der Waals surface area contributed by atoms with Crippen LogP contribution < -0.4 is 4.72 Å². The number of carbonyl (C=O) groups excluding carboxylic acids is 1. The summed E-state index contributed by atoms with van der Waals surface area (Å²) in [5.41, 5.74) is -0.0820. The minimum Gasteiger partial charge on any atom is -0.304 e. The summed E-state index contributed by atoms with van der Waals surface area (Å²) in [5.74, 6) is -0.410. The molecule has 0 fully saturated rings. The van der Waals surface area contributed by atoms with Gasteiger partial charge in [-0.05, 0) is 37.0 Å². The van der Waals surface area contributed by atoms with Gasteiger partial charge in [-0.1, -0.05) is 13.8 Å². The number of nitro benzene ring substituents is 1. The van der Waals surface area contributed by atoms with Crippen molar-refractivity contribution in [3.8, 4) is 0 Å². The number of amides is 1. The van der Waals surface area contributed by atoms with Crippen LogP contribution in [-0.4, -0.2) is 44.9 Å². The number of benzene rings is 1. The molecule has 7 nitrogen and oxygen atoms in total. The zero-order valence-corrected chi connectivity index (χ0v) is 14.5. The maximum atomic E-state index is 13.1. The third kappa shape index (κ3) is 5.65. The summed E-state index contributed by atoms with van der Waals surface area (Å²) < 4.78 is 15.5. The average molecular weight is 341 g/mol. The zero-order valence-electron chi connectivity index (χ0n) is 13.7. The molecule has 128 valence electrons. The Kier molecular flexibility index (Phi) is 7.18. The van der Waals surface area contributed by atoms with E-state index in [0.29, 0.717) is 11.3 Å². The summed E-state index contributed by atoms with van der Waals surface area (Å²) in [4.78, 5) is 24.1. The van der Waals surface area contributed by atoms with Gasteiger partial charge in [-0.25, -0.2) is 4.21 Å². The largest absolute Gasteiger partial charge is 0.304 e. The molecule has 0 aromatic heterocycles. The SMILES string of the molecule is CCN(CC)CCC=S(=O)(NC(C)=O)c1ccc([N+](=O)[O-])cc1. The van der Waals surface area contributed by atoms with Gasteiger partial charge in [0.15, 0.2) is 0 Å². The fraction of sp³-hybridized carbons (Fsp3) is 0.467. The molecule has 1 N–H and O–H groups in total. The van der Waals surface area contributed by atoms with Crippen LogP contribution in [0.15, 0.2) is 29.2 Å². The molecule has 1 aromatic rings. The van der Waals surface area contributed by atoms with Gasteiger partial charge in [0.25, 0.3) is 5.69 Å². The number of rotatable bonds is 8. The molecular weight excluding hydrogens is 318 g/mol. The van der Waals surface area contributed by atoms with Gasteiger partial charge in [-0.15, -0.1) is 0 Å². The van der Waals surface area contributed by atoms with Crippen LogP contribution >= 0.6 is 0 Å². The second-order valence-electron chi connectivity index (χ2n) is 4.99. The molecule has 1 amide bonds. The lowest BCUT2D eigenvalue weighted by Gasteiger charge is -2.17. The summed E-state index contributed by atoms with van der Waals surface area (Å²) in [6, 6.07) is 5.42. The van der Waals surface area contributed by atoms with Gasteiger partial charge in [0, 0.05) is 25.6 Å². The van der Waals surface area contributed by atoms with E-state index in [1.807, 2.05) is 13.8 Å². The lowest BCUT2D eigenvalue weighted by molar-refractivity contribution is -0.384. The van der Waals surface area contributed by atoms with Crippen molar-refractivity contribution in [1.29, 1.82) is 0 Å². The van der Waals surface area contributed by atoms with E-state index in [4.69, 9.17) is 0 Å². The van der Waals surface area contributed by atoms with Gasteiger partial charge in [0.2, 0.25) is 5.91 Å². The van der Waals surface area contributed by atoms with Crippen molar-refractivity contribution in [2.24, 2.45) is 0 Å². The van der Waals surface area contributed by atoms with E-state index in [0.717, 1.165) is 19.6 Å². The fourth-order valence-corrected chi connectivity index (χ4v) is 3.92. The summed E-state index contributed by atoms with van der Waals surface area (Å²) in [7, 11) is -2.90. The van der Waals surface area contributed by atoms with E-state index in [-0.39, 0.29) is 5.69 Å². The molecule has 1 unspecified atom stereocenters. The van der Waals surface area contributed by atoms with Crippen LogP contribution in [0.25, 0.3) is 0 Å². The molecule has 0 saturated heterocycles. The maximum Gasteiger partial charge on any atom is 0.269 e. The van der Waals surface area contributed by atoms with Crippen molar-refractivity contribution in [2.45, 2.75) is 32.1 Å². The second kappa shape index (κ2) is 8.64. The Morgan fingerprint density at radius 3 is 2.30 bits per heavy atom. The van der Waals surface area contributed by atoms with E-state index in [1.54, 1.807) is 5.37 Å². The number of nitro groups is 1. The third-order valence-electron chi connectivity index (χ3n) is 3.39. The van der Waals surface area contributed by atoms with Crippen LogP contribution in [0.4, 0.5) is 5.69 Å². The van der Waals surface area contributed by atoms with Crippen LogP contribution in [0.5, 0.6) is 0 Å². The van der Waals surface area contributed by atoms with Crippen molar-refractivity contribution < 1.29 is 13.9 Å². The van der Waals surface area contributed by atoms with Gasteiger partial charge in [0.1, 0.15) is 0 Å². The Morgan fingerprint density at radius 1 is 1.30 bits per heavy atom. The Bertz CT molecular complexity index is 660. The van der Waals surface area contributed by atoms with Crippen LogP contribution in [-0.2, 0) is 14.5 Å². The first-order valence-electron chi connectivity index (χ1n) is 7.45. The molecule has 1 aromatic carbocycles. The molecule has 0 radical (unpaired) electrons. The third-order valence-corrected chi connectivity index (χ3v) is 5.65. The van der Waals surface area contributed by atoms with Crippen LogP contribution in [0.3, 0.4) is 0 Å². The molecule has 0 bridgehead atoms. The van der Waals surface area contributed by atoms with Crippen molar-refractivity contribution in [2.75, 3.05) is 19.6 Å². The molecule has 1 atom stereocenters. The number of hydrogen-bond donors (Lipinski definition) is 1. The van der Waals surface area contributed by atoms with E-state index in [1.165, 1.54) is 31.2 Å². The number of nitrogens with zero attached hydrogens (tertiary/aromatic N) is 2. The molecule has 0 aliphatic rings. The maximum absolute atomic E-state index is 13.1. The van der Waals surface area contributed by atoms with E-state index in [9.17, 15) is 19.1 Å². The topological polar surface area (TPSA) is 92.6 Å². The van der Waals surface area contributed by atoms with Crippen LogP contribution in [0, 0.1) is 10.1 Å². The highest BCUT2D eigenvalue weighted by atomic mass is 32.2. The smallest absolute Gasteiger partial charge is 0.269 e. The predicted octanol–water partition coefficient (Wildman–Crippen LogP) is 1.82. The summed E-state index contributed by atoms with van der Waals surface area (Å²) in [6.45, 7) is 7.90. The van der Waals surface area contributed by atoms with E-state index < -0.39 is 20.5 Å². The molecule has 0 aliphatic carbocycles. The number of hydrogen-bond acceptors (Lipinski definition) is 5. The minimum absolute atomic E-state index is 0.0820. The lowest BCUT2D eigenvalue weighted by atomic mass is 10.3. The molecule has 0 spiro atoms. The first-order chi connectivity index (χ1) is 10.8. The first kappa shape index (κ1) is 19.1. The van der Waals surface area contributed by atoms with Crippen molar-refractivity contribution in [3.05, 3.63) is 34.4 Å². The van der Waals surface area contributed by atoms with E-state index in [2.05, 4.69) is 9.62 Å². The zero-order chi connectivity index (χ0) is 17.5. The molecule has 0 aliphatic heterocycles. The quantitative estimate of drug-likeness (QED) is 0.442. The van der Waals surface area contributed by atoms with Crippen molar-refractivity contribution >= 4 is 26.7 Å². The summed E-state index contributed by atoms with van der Waals surface area (Å²) in [5, 5.41) is 12.3. The predicted molar refractivity (Wildman–Crippen MR) is 91.8 cm³/mol. The number of nitrogens with one attached hydrogen (secondary N) is 1. The Hall–Kier alpha value is -1.93. The highest BCUT2D eigenvalue weighted by Gasteiger charge is 2.14. The van der Waals surface area contributed by atoms with Crippen molar-refractivity contribution in [1.82, 2.24) is 9.62 Å². The summed E-state index contributed by atoms with van der Waals surface area (Å²) >= 11 is 0.